The molecule has 0 unspecified atom stereocenters. The standard InChI is InChI=1S/C27H27F3O2S/c1-3-15-31-26-14-13-25(16-20(26)2)33-19-22(17-21-7-5-4-6-8-21)18-32-24-11-9-23(10-12-24)27(28,29)30/h4-14,16-17H,3,15,18-19H2,1-2H3/b22-17+. The number of aryl methyl sites for hydroxylation is 1. The van der Waals surface area contributed by atoms with E-state index in [1.54, 1.807) is 11.8 Å². The van der Waals surface area contributed by atoms with Crippen LogP contribution in [0, 0.1) is 6.92 Å². The molecule has 0 heterocycles. The van der Waals surface area contributed by atoms with Crippen LogP contribution in [-0.2, 0) is 6.18 Å². The van der Waals surface area contributed by atoms with E-state index >= 15 is 0 Å². The molecule has 0 saturated heterocycles. The van der Waals surface area contributed by atoms with Gasteiger partial charge in [0.05, 0.1) is 12.2 Å². The quantitative estimate of drug-likeness (QED) is 0.278. The van der Waals surface area contributed by atoms with Gasteiger partial charge in [0, 0.05) is 10.6 Å². The van der Waals surface area contributed by atoms with Crippen molar-refractivity contribution in [1.29, 1.82) is 0 Å². The number of rotatable bonds is 10. The summed E-state index contributed by atoms with van der Waals surface area (Å²) < 4.78 is 49.9. The second kappa shape index (κ2) is 11.8. The Balaban J connectivity index is 1.69. The summed E-state index contributed by atoms with van der Waals surface area (Å²) in [5.41, 5.74) is 2.47. The Kier molecular flexibility index (Phi) is 8.89. The molecule has 0 saturated carbocycles. The predicted molar refractivity (Wildman–Crippen MR) is 129 cm³/mol. The summed E-state index contributed by atoms with van der Waals surface area (Å²) in [4.78, 5) is 1.12. The zero-order valence-electron chi connectivity index (χ0n) is 18.7. The van der Waals surface area contributed by atoms with Crippen molar-refractivity contribution in [2.24, 2.45) is 0 Å². The predicted octanol–water partition coefficient (Wildman–Crippen LogP) is 8.06. The van der Waals surface area contributed by atoms with Crippen LogP contribution in [0.4, 0.5) is 13.2 Å². The first-order valence-corrected chi connectivity index (χ1v) is 11.7. The summed E-state index contributed by atoms with van der Waals surface area (Å²) in [7, 11) is 0. The third-order valence-electron chi connectivity index (χ3n) is 4.81. The molecule has 0 aliphatic carbocycles. The molecule has 6 heteroatoms. The number of hydrogen-bond donors (Lipinski definition) is 0. The number of halogens is 3. The summed E-state index contributed by atoms with van der Waals surface area (Å²) in [6.45, 7) is 5.08. The van der Waals surface area contributed by atoms with Gasteiger partial charge in [0.2, 0.25) is 0 Å². The molecule has 33 heavy (non-hydrogen) atoms. The number of ether oxygens (including phenoxy) is 2. The molecule has 0 aliphatic rings. The molecule has 0 aliphatic heterocycles. The van der Waals surface area contributed by atoms with Gasteiger partial charge in [0.25, 0.3) is 0 Å². The molecular formula is C27H27F3O2S. The zero-order chi connectivity index (χ0) is 23.7. The van der Waals surface area contributed by atoms with E-state index in [1.165, 1.54) is 12.1 Å². The summed E-state index contributed by atoms with van der Waals surface area (Å²) in [5.74, 6) is 1.98. The van der Waals surface area contributed by atoms with Crippen LogP contribution in [0.25, 0.3) is 6.08 Å². The monoisotopic (exact) mass is 472 g/mol. The van der Waals surface area contributed by atoms with Crippen molar-refractivity contribution in [3.63, 3.8) is 0 Å². The Morgan fingerprint density at radius 2 is 1.67 bits per heavy atom. The second-order valence-corrected chi connectivity index (χ2v) is 8.64. The third kappa shape index (κ3) is 7.90. The van der Waals surface area contributed by atoms with Crippen molar-refractivity contribution in [2.75, 3.05) is 19.0 Å². The molecule has 0 atom stereocenters. The van der Waals surface area contributed by atoms with E-state index in [2.05, 4.69) is 19.1 Å². The first-order valence-electron chi connectivity index (χ1n) is 10.8. The molecule has 0 aromatic heterocycles. The van der Waals surface area contributed by atoms with Gasteiger partial charge < -0.3 is 9.47 Å². The lowest BCUT2D eigenvalue weighted by atomic mass is 10.1. The molecule has 0 fully saturated rings. The van der Waals surface area contributed by atoms with Crippen molar-refractivity contribution in [3.05, 3.63) is 95.1 Å². The molecule has 0 amide bonds. The molecule has 174 valence electrons. The average Bonchev–Trinajstić information content (AvgIpc) is 2.80. The van der Waals surface area contributed by atoms with Crippen LogP contribution in [0.2, 0.25) is 0 Å². The van der Waals surface area contributed by atoms with E-state index < -0.39 is 11.7 Å². The molecule has 0 radical (unpaired) electrons. The van der Waals surface area contributed by atoms with Crippen LogP contribution in [0.5, 0.6) is 11.5 Å². The number of alkyl halides is 3. The van der Waals surface area contributed by atoms with Crippen LogP contribution in [0.1, 0.15) is 30.0 Å². The first-order chi connectivity index (χ1) is 15.8. The average molecular weight is 473 g/mol. The Morgan fingerprint density at radius 3 is 2.30 bits per heavy atom. The van der Waals surface area contributed by atoms with Gasteiger partial charge >= 0.3 is 6.18 Å². The fraction of sp³-hybridized carbons (Fsp3) is 0.259. The van der Waals surface area contributed by atoms with Crippen LogP contribution in [-0.4, -0.2) is 19.0 Å². The Hall–Kier alpha value is -2.86. The Morgan fingerprint density at radius 1 is 0.939 bits per heavy atom. The van der Waals surface area contributed by atoms with Gasteiger partial charge in [0.1, 0.15) is 18.1 Å². The first kappa shape index (κ1) is 24.8. The van der Waals surface area contributed by atoms with Crippen molar-refractivity contribution >= 4 is 17.8 Å². The van der Waals surface area contributed by atoms with Gasteiger partial charge in [-0.2, -0.15) is 13.2 Å². The highest BCUT2D eigenvalue weighted by Gasteiger charge is 2.30. The van der Waals surface area contributed by atoms with E-state index in [0.717, 1.165) is 45.9 Å². The fourth-order valence-corrected chi connectivity index (χ4v) is 4.03. The Labute approximate surface area is 197 Å². The van der Waals surface area contributed by atoms with E-state index in [1.807, 2.05) is 49.4 Å². The minimum atomic E-state index is -4.36. The topological polar surface area (TPSA) is 18.5 Å². The summed E-state index contributed by atoms with van der Waals surface area (Å²) >= 11 is 1.68. The fourth-order valence-electron chi connectivity index (χ4n) is 3.09. The van der Waals surface area contributed by atoms with Gasteiger partial charge in [-0.05, 0) is 72.5 Å². The van der Waals surface area contributed by atoms with Crippen molar-refractivity contribution in [1.82, 2.24) is 0 Å². The normalized spacial score (nSPS) is 12.0. The number of thioether (sulfide) groups is 1. The highest BCUT2D eigenvalue weighted by atomic mass is 32.2. The van der Waals surface area contributed by atoms with Gasteiger partial charge in [-0.15, -0.1) is 11.8 Å². The lowest BCUT2D eigenvalue weighted by Gasteiger charge is -2.13. The lowest BCUT2D eigenvalue weighted by molar-refractivity contribution is -0.137. The summed E-state index contributed by atoms with van der Waals surface area (Å²) in [6.07, 6.45) is -1.34. The van der Waals surface area contributed by atoms with E-state index in [9.17, 15) is 13.2 Å². The number of hydrogen-bond acceptors (Lipinski definition) is 3. The van der Waals surface area contributed by atoms with E-state index in [4.69, 9.17) is 9.47 Å². The minimum absolute atomic E-state index is 0.282. The van der Waals surface area contributed by atoms with Crippen molar-refractivity contribution in [2.45, 2.75) is 31.3 Å². The molecule has 2 nitrogen and oxygen atoms in total. The molecule has 0 bridgehead atoms. The smallest absolute Gasteiger partial charge is 0.416 e. The molecule has 0 N–H and O–H groups in total. The molecule has 3 aromatic rings. The van der Waals surface area contributed by atoms with Gasteiger partial charge in [-0.3, -0.25) is 0 Å². The summed E-state index contributed by atoms with van der Waals surface area (Å²) in [5, 5.41) is 0. The van der Waals surface area contributed by atoms with Gasteiger partial charge in [-0.25, -0.2) is 0 Å². The lowest BCUT2D eigenvalue weighted by Crippen LogP contribution is -2.06. The highest BCUT2D eigenvalue weighted by Crippen LogP contribution is 2.31. The SMILES string of the molecule is CCCOc1ccc(SC/C(=C/c2ccccc2)COc2ccc(C(F)(F)F)cc2)cc1C. The zero-order valence-corrected chi connectivity index (χ0v) is 19.5. The largest absolute Gasteiger partial charge is 0.493 e. The highest BCUT2D eigenvalue weighted by molar-refractivity contribution is 7.99. The third-order valence-corrected chi connectivity index (χ3v) is 5.91. The maximum absolute atomic E-state index is 12.8. The van der Waals surface area contributed by atoms with Crippen LogP contribution >= 0.6 is 11.8 Å². The van der Waals surface area contributed by atoms with Crippen LogP contribution in [0.3, 0.4) is 0 Å². The maximum atomic E-state index is 12.8. The molecular weight excluding hydrogens is 445 g/mol. The van der Waals surface area contributed by atoms with Crippen molar-refractivity contribution < 1.29 is 22.6 Å². The maximum Gasteiger partial charge on any atom is 0.416 e. The minimum Gasteiger partial charge on any atom is -0.493 e. The molecule has 0 spiro atoms. The second-order valence-electron chi connectivity index (χ2n) is 7.59. The van der Waals surface area contributed by atoms with Crippen LogP contribution in [0.15, 0.2) is 83.3 Å². The molecule has 3 aromatic carbocycles. The van der Waals surface area contributed by atoms with E-state index in [0.29, 0.717) is 18.1 Å². The van der Waals surface area contributed by atoms with Crippen molar-refractivity contribution in [3.8, 4) is 11.5 Å². The van der Waals surface area contributed by atoms with Gasteiger partial charge in [0.15, 0.2) is 0 Å². The summed E-state index contributed by atoms with van der Waals surface area (Å²) in [6, 6.07) is 20.8. The van der Waals surface area contributed by atoms with Gasteiger partial charge in [-0.1, -0.05) is 43.3 Å². The van der Waals surface area contributed by atoms with Crippen LogP contribution < -0.4 is 9.47 Å². The molecule has 3 rings (SSSR count). The Bertz CT molecular complexity index is 1050. The van der Waals surface area contributed by atoms with E-state index in [-0.39, 0.29) is 6.61 Å². The number of benzene rings is 3.